The van der Waals surface area contributed by atoms with Crippen LogP contribution in [0, 0.1) is 0 Å². The van der Waals surface area contributed by atoms with Gasteiger partial charge in [-0.1, -0.05) is 0 Å². The van der Waals surface area contributed by atoms with E-state index in [0.717, 1.165) is 17.9 Å². The van der Waals surface area contributed by atoms with Crippen molar-refractivity contribution in [1.29, 1.82) is 0 Å². The lowest BCUT2D eigenvalue weighted by Gasteiger charge is -2.11. The molecule has 2 rings (SSSR count). The number of methoxy groups -OCH3 is 1. The summed E-state index contributed by atoms with van der Waals surface area (Å²) in [5.74, 6) is 0.926. The van der Waals surface area contributed by atoms with Crippen molar-refractivity contribution >= 4 is 17.5 Å². The van der Waals surface area contributed by atoms with Crippen molar-refractivity contribution in [2.45, 2.75) is 26.4 Å². The second-order valence-electron chi connectivity index (χ2n) is 5.68. The molecule has 0 fully saturated rings. The highest BCUT2D eigenvalue weighted by atomic mass is 16.5. The van der Waals surface area contributed by atoms with Crippen molar-refractivity contribution in [1.82, 2.24) is 15.3 Å². The molecule has 1 aromatic carbocycles. The van der Waals surface area contributed by atoms with Crippen LogP contribution in [0.4, 0.5) is 11.6 Å². The summed E-state index contributed by atoms with van der Waals surface area (Å²) in [4.78, 5) is 20.5. The summed E-state index contributed by atoms with van der Waals surface area (Å²) in [6.07, 6.45) is 2.43. The van der Waals surface area contributed by atoms with Crippen LogP contribution in [-0.2, 0) is 4.74 Å². The van der Waals surface area contributed by atoms with Crippen LogP contribution < -0.4 is 15.4 Å². The molecule has 0 aliphatic heterocycles. The van der Waals surface area contributed by atoms with Crippen LogP contribution in [-0.4, -0.2) is 42.2 Å². The molecule has 0 bridgehead atoms. The topological polar surface area (TPSA) is 85.4 Å². The Hall–Kier alpha value is -2.67. The van der Waals surface area contributed by atoms with Crippen LogP contribution in [0.15, 0.2) is 36.5 Å². The highest BCUT2D eigenvalue weighted by molar-refractivity contribution is 5.92. The van der Waals surface area contributed by atoms with Gasteiger partial charge in [0.1, 0.15) is 11.4 Å². The molecule has 0 spiro atoms. The first-order chi connectivity index (χ1) is 12.1. The number of nitrogens with zero attached hydrogens (tertiary/aromatic N) is 2. The van der Waals surface area contributed by atoms with Gasteiger partial charge in [-0.25, -0.2) is 9.97 Å². The number of hydrogen-bond acceptors (Lipinski definition) is 6. The Labute approximate surface area is 147 Å². The summed E-state index contributed by atoms with van der Waals surface area (Å²) in [6.45, 7) is 5.10. The second kappa shape index (κ2) is 9.58. The fraction of sp³-hybridized carbons (Fsp3) is 0.389. The lowest BCUT2D eigenvalue weighted by atomic mass is 10.3. The van der Waals surface area contributed by atoms with Crippen molar-refractivity contribution in [2.75, 3.05) is 25.6 Å². The van der Waals surface area contributed by atoms with E-state index >= 15 is 0 Å². The number of rotatable bonds is 9. The number of benzene rings is 1. The normalized spacial score (nSPS) is 10.6. The van der Waals surface area contributed by atoms with Crippen LogP contribution in [0.2, 0.25) is 0 Å². The van der Waals surface area contributed by atoms with Gasteiger partial charge in [0.05, 0.1) is 6.10 Å². The maximum atomic E-state index is 12.1. The Morgan fingerprint density at radius 2 is 1.96 bits per heavy atom. The Bertz CT molecular complexity index is 674. The SMILES string of the molecule is COCCCNC(=O)c1ccnc(Nc2ccc(OC(C)C)cc2)n1. The third kappa shape index (κ3) is 6.39. The molecule has 0 unspecified atom stereocenters. The van der Waals surface area contributed by atoms with E-state index in [-0.39, 0.29) is 12.0 Å². The molecule has 1 amide bonds. The summed E-state index contributed by atoms with van der Waals surface area (Å²) < 4.78 is 10.6. The molecule has 1 heterocycles. The highest BCUT2D eigenvalue weighted by Gasteiger charge is 2.08. The molecule has 0 radical (unpaired) electrons. The molecule has 7 nitrogen and oxygen atoms in total. The van der Waals surface area contributed by atoms with E-state index in [2.05, 4.69) is 20.6 Å². The van der Waals surface area contributed by atoms with Crippen molar-refractivity contribution in [2.24, 2.45) is 0 Å². The predicted molar refractivity (Wildman–Crippen MR) is 96.3 cm³/mol. The van der Waals surface area contributed by atoms with Gasteiger partial charge in [0.15, 0.2) is 0 Å². The molecule has 0 saturated carbocycles. The minimum absolute atomic E-state index is 0.126. The zero-order chi connectivity index (χ0) is 18.1. The molecule has 0 aliphatic carbocycles. The first-order valence-corrected chi connectivity index (χ1v) is 8.22. The van der Waals surface area contributed by atoms with Crippen molar-refractivity contribution in [3.63, 3.8) is 0 Å². The monoisotopic (exact) mass is 344 g/mol. The zero-order valence-corrected chi connectivity index (χ0v) is 14.8. The molecular formula is C18H24N4O3. The van der Waals surface area contributed by atoms with Gasteiger partial charge in [-0.3, -0.25) is 4.79 Å². The van der Waals surface area contributed by atoms with E-state index in [0.29, 0.717) is 24.8 Å². The summed E-state index contributed by atoms with van der Waals surface area (Å²) >= 11 is 0. The van der Waals surface area contributed by atoms with E-state index in [1.807, 2.05) is 38.1 Å². The van der Waals surface area contributed by atoms with Gasteiger partial charge >= 0.3 is 0 Å². The molecule has 2 aromatic rings. The largest absolute Gasteiger partial charge is 0.491 e. The third-order valence-corrected chi connectivity index (χ3v) is 3.18. The Morgan fingerprint density at radius 1 is 1.20 bits per heavy atom. The maximum absolute atomic E-state index is 12.1. The predicted octanol–water partition coefficient (Wildman–Crippen LogP) is 2.77. The van der Waals surface area contributed by atoms with Crippen LogP contribution in [0.5, 0.6) is 5.75 Å². The fourth-order valence-electron chi connectivity index (χ4n) is 2.07. The van der Waals surface area contributed by atoms with Crippen molar-refractivity contribution in [3.8, 4) is 5.75 Å². The molecule has 2 N–H and O–H groups in total. The fourth-order valence-corrected chi connectivity index (χ4v) is 2.07. The summed E-state index contributed by atoms with van der Waals surface area (Å²) in [7, 11) is 1.63. The number of carbonyl (C=O) groups excluding carboxylic acids is 1. The lowest BCUT2D eigenvalue weighted by Crippen LogP contribution is -2.26. The van der Waals surface area contributed by atoms with E-state index < -0.39 is 0 Å². The van der Waals surface area contributed by atoms with Crippen LogP contribution in [0.3, 0.4) is 0 Å². The molecule has 134 valence electrons. The number of aromatic nitrogens is 2. The Morgan fingerprint density at radius 3 is 2.64 bits per heavy atom. The summed E-state index contributed by atoms with van der Waals surface area (Å²) in [5.41, 5.74) is 1.13. The molecule has 0 saturated heterocycles. The minimum atomic E-state index is -0.234. The molecule has 7 heteroatoms. The lowest BCUT2D eigenvalue weighted by molar-refractivity contribution is 0.0943. The Balaban J connectivity index is 1.95. The first-order valence-electron chi connectivity index (χ1n) is 8.22. The van der Waals surface area contributed by atoms with Crippen molar-refractivity contribution < 1.29 is 14.3 Å². The number of anilines is 2. The van der Waals surface area contributed by atoms with Crippen LogP contribution in [0.1, 0.15) is 30.8 Å². The minimum Gasteiger partial charge on any atom is -0.491 e. The van der Waals surface area contributed by atoms with Gasteiger partial charge in [0.2, 0.25) is 5.95 Å². The quantitative estimate of drug-likeness (QED) is 0.681. The number of ether oxygens (including phenoxy) is 2. The van der Waals surface area contributed by atoms with Gasteiger partial charge in [0, 0.05) is 32.1 Å². The first kappa shape index (κ1) is 18.7. The van der Waals surface area contributed by atoms with E-state index in [4.69, 9.17) is 9.47 Å². The molecule has 0 aliphatic rings. The summed E-state index contributed by atoms with van der Waals surface area (Å²) in [6, 6.07) is 9.07. The molecule has 25 heavy (non-hydrogen) atoms. The standard InChI is InChI=1S/C18H24N4O3/c1-13(2)25-15-7-5-14(6-8-15)21-18-20-11-9-16(22-18)17(23)19-10-4-12-24-3/h5-9,11,13H,4,10,12H2,1-3H3,(H,19,23)(H,20,21,22). The van der Waals surface area contributed by atoms with E-state index in [9.17, 15) is 4.79 Å². The average molecular weight is 344 g/mol. The number of carbonyl (C=O) groups is 1. The van der Waals surface area contributed by atoms with Crippen molar-refractivity contribution in [3.05, 3.63) is 42.2 Å². The molecule has 1 aromatic heterocycles. The second-order valence-corrected chi connectivity index (χ2v) is 5.68. The molecular weight excluding hydrogens is 320 g/mol. The van der Waals surface area contributed by atoms with Gasteiger partial charge in [-0.05, 0) is 50.6 Å². The maximum Gasteiger partial charge on any atom is 0.270 e. The number of amides is 1. The number of nitrogens with one attached hydrogen (secondary N) is 2. The van der Waals surface area contributed by atoms with Crippen LogP contribution in [0.25, 0.3) is 0 Å². The van der Waals surface area contributed by atoms with Gasteiger partial charge < -0.3 is 20.1 Å². The Kier molecular flexibility index (Phi) is 7.16. The van der Waals surface area contributed by atoms with Gasteiger partial charge in [-0.2, -0.15) is 0 Å². The number of hydrogen-bond donors (Lipinski definition) is 2. The third-order valence-electron chi connectivity index (χ3n) is 3.18. The van der Waals surface area contributed by atoms with Crippen LogP contribution >= 0.6 is 0 Å². The smallest absolute Gasteiger partial charge is 0.270 e. The average Bonchev–Trinajstić information content (AvgIpc) is 2.60. The van der Waals surface area contributed by atoms with E-state index in [1.54, 1.807) is 19.4 Å². The summed E-state index contributed by atoms with van der Waals surface area (Å²) in [5, 5.41) is 5.88. The van der Waals surface area contributed by atoms with E-state index in [1.165, 1.54) is 0 Å². The van der Waals surface area contributed by atoms with Gasteiger partial charge in [-0.15, -0.1) is 0 Å². The highest BCUT2D eigenvalue weighted by Crippen LogP contribution is 2.19. The zero-order valence-electron chi connectivity index (χ0n) is 14.8. The van der Waals surface area contributed by atoms with Gasteiger partial charge in [0.25, 0.3) is 5.91 Å². The molecule has 0 atom stereocenters.